The topological polar surface area (TPSA) is 67.8 Å². The number of carboxylic acid groups (broad SMARTS) is 1. The lowest BCUT2D eigenvalue weighted by molar-refractivity contribution is -0.185. The minimum absolute atomic E-state index is 0. The van der Waals surface area contributed by atoms with E-state index in [-0.39, 0.29) is 12.4 Å². The van der Waals surface area contributed by atoms with Gasteiger partial charge >= 0.3 is 5.97 Å². The third-order valence-electron chi connectivity index (χ3n) is 2.53. The number of hydrogen-bond acceptors (Lipinski definition) is 4. The predicted octanol–water partition coefficient (Wildman–Crippen LogP) is -0.114. The van der Waals surface area contributed by atoms with E-state index in [1.54, 1.807) is 0 Å². The van der Waals surface area contributed by atoms with Crippen molar-refractivity contribution in [3.05, 3.63) is 0 Å². The van der Waals surface area contributed by atoms with Gasteiger partial charge in [-0.25, -0.2) is 4.79 Å². The number of carboxylic acids is 1. The second kappa shape index (κ2) is 5.50. The molecule has 0 aliphatic carbocycles. The molecule has 1 aliphatic rings. The number of aliphatic carboxylic acids is 1. The van der Waals surface area contributed by atoms with E-state index >= 15 is 0 Å². The van der Waals surface area contributed by atoms with Crippen LogP contribution in [0.25, 0.3) is 0 Å². The SMILES string of the molecule is CO[C@@H]1CNCC[C@@]1(OC)C(=O)O.Cl. The Labute approximate surface area is 89.2 Å². The highest BCUT2D eigenvalue weighted by Crippen LogP contribution is 2.25. The Morgan fingerprint density at radius 2 is 2.21 bits per heavy atom. The van der Waals surface area contributed by atoms with E-state index < -0.39 is 17.7 Å². The van der Waals surface area contributed by atoms with Crippen molar-refractivity contribution in [2.45, 2.75) is 18.1 Å². The molecule has 1 heterocycles. The lowest BCUT2D eigenvalue weighted by atomic mass is 9.89. The first-order valence-electron chi connectivity index (χ1n) is 4.19. The number of piperidine rings is 1. The summed E-state index contributed by atoms with van der Waals surface area (Å²) in [5.41, 5.74) is -1.18. The monoisotopic (exact) mass is 225 g/mol. The van der Waals surface area contributed by atoms with Crippen molar-refractivity contribution in [1.82, 2.24) is 5.32 Å². The van der Waals surface area contributed by atoms with Gasteiger partial charge in [0.1, 0.15) is 6.10 Å². The number of halogens is 1. The maximum absolute atomic E-state index is 11.0. The average molecular weight is 226 g/mol. The van der Waals surface area contributed by atoms with Crippen LogP contribution >= 0.6 is 12.4 Å². The van der Waals surface area contributed by atoms with Crippen LogP contribution in [0.5, 0.6) is 0 Å². The Kier molecular flexibility index (Phi) is 5.36. The molecule has 1 rings (SSSR count). The summed E-state index contributed by atoms with van der Waals surface area (Å²) in [5.74, 6) is -0.955. The molecule has 2 N–H and O–H groups in total. The van der Waals surface area contributed by atoms with Gasteiger partial charge in [-0.3, -0.25) is 0 Å². The van der Waals surface area contributed by atoms with Crippen molar-refractivity contribution >= 4 is 18.4 Å². The van der Waals surface area contributed by atoms with Crippen LogP contribution in [0.4, 0.5) is 0 Å². The Bertz CT molecular complexity index is 202. The van der Waals surface area contributed by atoms with Crippen LogP contribution in [0.1, 0.15) is 6.42 Å². The van der Waals surface area contributed by atoms with E-state index in [1.807, 2.05) is 0 Å². The molecule has 5 nitrogen and oxygen atoms in total. The number of carbonyl (C=O) groups is 1. The Morgan fingerprint density at radius 3 is 2.57 bits per heavy atom. The van der Waals surface area contributed by atoms with E-state index in [9.17, 15) is 4.79 Å². The van der Waals surface area contributed by atoms with Gasteiger partial charge in [-0.1, -0.05) is 0 Å². The number of ether oxygens (including phenoxy) is 2. The first kappa shape index (κ1) is 13.6. The quantitative estimate of drug-likeness (QED) is 0.702. The van der Waals surface area contributed by atoms with Crippen LogP contribution in [0.3, 0.4) is 0 Å². The fraction of sp³-hybridized carbons (Fsp3) is 0.875. The molecule has 14 heavy (non-hydrogen) atoms. The third kappa shape index (κ3) is 2.17. The number of hydrogen-bond donors (Lipinski definition) is 2. The van der Waals surface area contributed by atoms with Crippen molar-refractivity contribution in [3.8, 4) is 0 Å². The smallest absolute Gasteiger partial charge is 0.338 e. The van der Waals surface area contributed by atoms with Crippen molar-refractivity contribution in [3.63, 3.8) is 0 Å². The summed E-state index contributed by atoms with van der Waals surface area (Å²) in [7, 11) is 2.90. The molecular formula is C8H16ClNO4. The number of nitrogens with one attached hydrogen (secondary N) is 1. The molecule has 0 aromatic carbocycles. The van der Waals surface area contributed by atoms with Crippen LogP contribution in [0.2, 0.25) is 0 Å². The van der Waals surface area contributed by atoms with Crippen molar-refractivity contribution in [2.24, 2.45) is 0 Å². The standard InChI is InChI=1S/C8H15NO4.ClH/c1-12-6-5-9-4-3-8(6,13-2)7(10)11;/h6,9H,3-5H2,1-2H3,(H,10,11);1H/t6-,8+;/m1./s1. The summed E-state index contributed by atoms with van der Waals surface area (Å²) in [5, 5.41) is 12.1. The normalized spacial score (nSPS) is 32.0. The fourth-order valence-corrected chi connectivity index (χ4v) is 1.67. The maximum Gasteiger partial charge on any atom is 0.338 e. The molecular weight excluding hydrogens is 210 g/mol. The summed E-state index contributed by atoms with van der Waals surface area (Å²) in [6, 6.07) is 0. The predicted molar refractivity (Wildman–Crippen MR) is 52.9 cm³/mol. The van der Waals surface area contributed by atoms with Gasteiger partial charge in [0.2, 0.25) is 0 Å². The molecule has 0 aromatic rings. The molecule has 0 saturated carbocycles. The van der Waals surface area contributed by atoms with Gasteiger partial charge in [0.25, 0.3) is 0 Å². The molecule has 2 atom stereocenters. The van der Waals surface area contributed by atoms with Gasteiger partial charge in [0, 0.05) is 27.2 Å². The molecule has 0 radical (unpaired) electrons. The van der Waals surface area contributed by atoms with Gasteiger partial charge in [-0.15, -0.1) is 12.4 Å². The zero-order valence-electron chi connectivity index (χ0n) is 8.28. The van der Waals surface area contributed by atoms with Crippen molar-refractivity contribution in [1.29, 1.82) is 0 Å². The minimum Gasteiger partial charge on any atom is -0.479 e. The van der Waals surface area contributed by atoms with Gasteiger partial charge in [-0.05, 0) is 6.54 Å². The Balaban J connectivity index is 0.00000169. The molecule has 1 aliphatic heterocycles. The highest BCUT2D eigenvalue weighted by Gasteiger charge is 2.48. The van der Waals surface area contributed by atoms with E-state index in [0.717, 1.165) is 0 Å². The molecule has 0 amide bonds. The van der Waals surface area contributed by atoms with E-state index in [0.29, 0.717) is 19.5 Å². The molecule has 0 aromatic heterocycles. The maximum atomic E-state index is 11.0. The average Bonchev–Trinajstić information content (AvgIpc) is 2.17. The van der Waals surface area contributed by atoms with Gasteiger partial charge < -0.3 is 19.9 Å². The third-order valence-corrected chi connectivity index (χ3v) is 2.53. The first-order chi connectivity index (χ1) is 6.17. The second-order valence-corrected chi connectivity index (χ2v) is 3.08. The van der Waals surface area contributed by atoms with Crippen LogP contribution in [0, 0.1) is 0 Å². The lowest BCUT2D eigenvalue weighted by Crippen LogP contribution is -2.60. The molecule has 0 spiro atoms. The van der Waals surface area contributed by atoms with Crippen LogP contribution in [-0.4, -0.2) is 50.1 Å². The summed E-state index contributed by atoms with van der Waals surface area (Å²) in [6.45, 7) is 1.15. The minimum atomic E-state index is -1.18. The highest BCUT2D eigenvalue weighted by molar-refractivity contribution is 5.85. The fourth-order valence-electron chi connectivity index (χ4n) is 1.67. The summed E-state index contributed by atoms with van der Waals surface area (Å²) in [6.07, 6.45) is 0.000833. The van der Waals surface area contributed by atoms with Crippen LogP contribution in [-0.2, 0) is 14.3 Å². The summed E-state index contributed by atoms with van der Waals surface area (Å²) in [4.78, 5) is 11.0. The van der Waals surface area contributed by atoms with E-state index in [1.165, 1.54) is 14.2 Å². The van der Waals surface area contributed by atoms with E-state index in [2.05, 4.69) is 5.32 Å². The van der Waals surface area contributed by atoms with Crippen molar-refractivity contribution < 1.29 is 19.4 Å². The van der Waals surface area contributed by atoms with Gasteiger partial charge in [0.15, 0.2) is 5.60 Å². The first-order valence-corrected chi connectivity index (χ1v) is 4.19. The molecule has 1 fully saturated rings. The Morgan fingerprint density at radius 1 is 1.57 bits per heavy atom. The zero-order chi connectivity index (χ0) is 9.90. The van der Waals surface area contributed by atoms with Crippen LogP contribution < -0.4 is 5.32 Å². The van der Waals surface area contributed by atoms with Gasteiger partial charge in [-0.2, -0.15) is 0 Å². The summed E-state index contributed by atoms with van der Waals surface area (Å²) >= 11 is 0. The number of methoxy groups -OCH3 is 2. The second-order valence-electron chi connectivity index (χ2n) is 3.08. The van der Waals surface area contributed by atoms with Crippen LogP contribution in [0.15, 0.2) is 0 Å². The Hall–Kier alpha value is -0.360. The summed E-state index contributed by atoms with van der Waals surface area (Å²) < 4.78 is 10.2. The van der Waals surface area contributed by atoms with Crippen molar-refractivity contribution in [2.75, 3.05) is 27.3 Å². The highest BCUT2D eigenvalue weighted by atomic mass is 35.5. The molecule has 1 saturated heterocycles. The molecule has 0 unspecified atom stereocenters. The molecule has 84 valence electrons. The molecule has 6 heteroatoms. The largest absolute Gasteiger partial charge is 0.479 e. The number of rotatable bonds is 3. The lowest BCUT2D eigenvalue weighted by Gasteiger charge is -2.38. The van der Waals surface area contributed by atoms with Gasteiger partial charge in [0.05, 0.1) is 0 Å². The van der Waals surface area contributed by atoms with E-state index in [4.69, 9.17) is 14.6 Å². The zero-order valence-corrected chi connectivity index (χ0v) is 9.10. The molecule has 0 bridgehead atoms.